The molecule has 2 rings (SSSR count). The Kier molecular flexibility index (Phi) is 2.59. The Labute approximate surface area is 85.3 Å². The predicted molar refractivity (Wildman–Crippen MR) is 57.3 cm³/mol. The molecule has 3 nitrogen and oxygen atoms in total. The normalized spacial score (nSPS) is 17.9. The van der Waals surface area contributed by atoms with Crippen LogP contribution in [-0.4, -0.2) is 15.6 Å². The van der Waals surface area contributed by atoms with Crippen molar-refractivity contribution in [3.05, 3.63) is 17.2 Å². The number of aryl methyl sites for hydroxylation is 2. The van der Waals surface area contributed by atoms with E-state index in [1.165, 1.54) is 30.7 Å². The van der Waals surface area contributed by atoms with Crippen LogP contribution in [0.25, 0.3) is 0 Å². The van der Waals surface area contributed by atoms with Crippen molar-refractivity contribution in [2.24, 2.45) is 5.73 Å². The van der Waals surface area contributed by atoms with E-state index in [-0.39, 0.29) is 6.04 Å². The van der Waals surface area contributed by atoms with Crippen LogP contribution in [0.2, 0.25) is 0 Å². The standard InChI is InChI=1S/C11H19N3/c1-8(12)7-14-9(2)13-10-5-3-4-6-11(10)14/h8H,3-7,12H2,1-2H3. The van der Waals surface area contributed by atoms with Crippen molar-refractivity contribution >= 4 is 0 Å². The third-order valence-electron chi connectivity index (χ3n) is 2.89. The molecule has 0 spiro atoms. The number of rotatable bonds is 2. The maximum absolute atomic E-state index is 5.84. The van der Waals surface area contributed by atoms with Gasteiger partial charge >= 0.3 is 0 Å². The molecule has 0 aromatic carbocycles. The lowest BCUT2D eigenvalue weighted by molar-refractivity contribution is 0.542. The minimum absolute atomic E-state index is 0.217. The summed E-state index contributed by atoms with van der Waals surface area (Å²) < 4.78 is 2.30. The number of fused-ring (bicyclic) bond motifs is 1. The van der Waals surface area contributed by atoms with E-state index in [9.17, 15) is 0 Å². The second kappa shape index (κ2) is 3.73. The van der Waals surface area contributed by atoms with E-state index >= 15 is 0 Å². The summed E-state index contributed by atoms with van der Waals surface area (Å²) in [6, 6.07) is 0.217. The molecule has 1 aromatic heterocycles. The van der Waals surface area contributed by atoms with Crippen molar-refractivity contribution in [1.29, 1.82) is 0 Å². The van der Waals surface area contributed by atoms with E-state index in [0.717, 1.165) is 18.8 Å². The van der Waals surface area contributed by atoms with Crippen molar-refractivity contribution in [3.63, 3.8) is 0 Å². The number of nitrogens with two attached hydrogens (primary N) is 1. The smallest absolute Gasteiger partial charge is 0.106 e. The largest absolute Gasteiger partial charge is 0.330 e. The first-order valence-electron chi connectivity index (χ1n) is 5.49. The second-order valence-electron chi connectivity index (χ2n) is 4.35. The van der Waals surface area contributed by atoms with Crippen LogP contribution in [0.5, 0.6) is 0 Å². The van der Waals surface area contributed by atoms with Crippen molar-refractivity contribution in [1.82, 2.24) is 9.55 Å². The average molecular weight is 193 g/mol. The van der Waals surface area contributed by atoms with Crippen LogP contribution in [0.1, 0.15) is 37.0 Å². The van der Waals surface area contributed by atoms with Crippen LogP contribution < -0.4 is 5.73 Å². The van der Waals surface area contributed by atoms with Gasteiger partial charge in [-0.2, -0.15) is 0 Å². The number of hydrogen-bond donors (Lipinski definition) is 1. The van der Waals surface area contributed by atoms with Crippen molar-refractivity contribution in [3.8, 4) is 0 Å². The molecular formula is C11H19N3. The van der Waals surface area contributed by atoms with Gasteiger partial charge in [0, 0.05) is 18.3 Å². The molecule has 1 unspecified atom stereocenters. The third-order valence-corrected chi connectivity index (χ3v) is 2.89. The number of hydrogen-bond acceptors (Lipinski definition) is 2. The zero-order valence-corrected chi connectivity index (χ0v) is 9.08. The molecule has 3 heteroatoms. The average Bonchev–Trinajstić information content (AvgIpc) is 2.43. The maximum atomic E-state index is 5.84. The van der Waals surface area contributed by atoms with Crippen LogP contribution in [-0.2, 0) is 19.4 Å². The molecule has 0 amide bonds. The van der Waals surface area contributed by atoms with Crippen molar-refractivity contribution < 1.29 is 0 Å². The predicted octanol–water partition coefficient (Wildman–Crippen LogP) is 1.42. The van der Waals surface area contributed by atoms with E-state index in [1.807, 2.05) is 0 Å². The molecular weight excluding hydrogens is 174 g/mol. The van der Waals surface area contributed by atoms with Gasteiger partial charge in [0.05, 0.1) is 5.69 Å². The summed E-state index contributed by atoms with van der Waals surface area (Å²) in [7, 11) is 0. The summed E-state index contributed by atoms with van der Waals surface area (Å²) in [6.45, 7) is 5.05. The maximum Gasteiger partial charge on any atom is 0.106 e. The molecule has 0 fully saturated rings. The zero-order valence-electron chi connectivity index (χ0n) is 9.08. The van der Waals surface area contributed by atoms with Gasteiger partial charge in [0.15, 0.2) is 0 Å². The molecule has 1 aromatic rings. The zero-order chi connectivity index (χ0) is 10.1. The molecule has 1 aliphatic carbocycles. The monoisotopic (exact) mass is 193 g/mol. The summed E-state index contributed by atoms with van der Waals surface area (Å²) in [4.78, 5) is 4.61. The second-order valence-corrected chi connectivity index (χ2v) is 4.35. The molecule has 14 heavy (non-hydrogen) atoms. The molecule has 0 saturated carbocycles. The fraction of sp³-hybridized carbons (Fsp3) is 0.727. The highest BCUT2D eigenvalue weighted by Gasteiger charge is 2.18. The summed E-state index contributed by atoms with van der Waals surface area (Å²) >= 11 is 0. The van der Waals surface area contributed by atoms with Gasteiger partial charge < -0.3 is 10.3 Å². The van der Waals surface area contributed by atoms with Gasteiger partial charge in [0.1, 0.15) is 5.82 Å². The van der Waals surface area contributed by atoms with Crippen molar-refractivity contribution in [2.45, 2.75) is 52.1 Å². The Balaban J connectivity index is 2.33. The molecule has 2 N–H and O–H groups in total. The molecule has 1 heterocycles. The minimum Gasteiger partial charge on any atom is -0.330 e. The van der Waals surface area contributed by atoms with E-state index in [4.69, 9.17) is 5.73 Å². The SMILES string of the molecule is Cc1nc2c(n1CC(C)N)CCCC2. The Morgan fingerprint density at radius 1 is 1.43 bits per heavy atom. The number of aromatic nitrogens is 2. The van der Waals surface area contributed by atoms with Crippen LogP contribution in [0, 0.1) is 6.92 Å². The summed E-state index contributed by atoms with van der Waals surface area (Å²) in [5, 5.41) is 0. The first-order valence-corrected chi connectivity index (χ1v) is 5.49. The quantitative estimate of drug-likeness (QED) is 0.772. The van der Waals surface area contributed by atoms with Gasteiger partial charge in [-0.25, -0.2) is 4.98 Å². The number of imidazole rings is 1. The van der Waals surface area contributed by atoms with Gasteiger partial charge in [0.25, 0.3) is 0 Å². The highest BCUT2D eigenvalue weighted by atomic mass is 15.1. The highest BCUT2D eigenvalue weighted by Crippen LogP contribution is 2.21. The van der Waals surface area contributed by atoms with Crippen LogP contribution in [0.15, 0.2) is 0 Å². The van der Waals surface area contributed by atoms with Crippen molar-refractivity contribution in [2.75, 3.05) is 0 Å². The summed E-state index contributed by atoms with van der Waals surface area (Å²) in [5.41, 5.74) is 8.59. The van der Waals surface area contributed by atoms with E-state index in [1.54, 1.807) is 0 Å². The third kappa shape index (κ3) is 1.69. The lowest BCUT2D eigenvalue weighted by Gasteiger charge is -2.16. The Hall–Kier alpha value is -0.830. The highest BCUT2D eigenvalue weighted by molar-refractivity contribution is 5.20. The fourth-order valence-electron chi connectivity index (χ4n) is 2.27. The Morgan fingerprint density at radius 3 is 2.86 bits per heavy atom. The van der Waals surface area contributed by atoms with Gasteiger partial charge in [-0.15, -0.1) is 0 Å². The van der Waals surface area contributed by atoms with Crippen LogP contribution in [0.4, 0.5) is 0 Å². The number of nitrogens with zero attached hydrogens (tertiary/aromatic N) is 2. The lowest BCUT2D eigenvalue weighted by Crippen LogP contribution is -2.24. The van der Waals surface area contributed by atoms with Crippen LogP contribution in [0.3, 0.4) is 0 Å². The van der Waals surface area contributed by atoms with E-state index < -0.39 is 0 Å². The molecule has 78 valence electrons. The molecule has 1 atom stereocenters. The van der Waals surface area contributed by atoms with Gasteiger partial charge in [-0.05, 0) is 39.5 Å². The van der Waals surface area contributed by atoms with E-state index in [2.05, 4.69) is 23.4 Å². The Morgan fingerprint density at radius 2 is 2.14 bits per heavy atom. The fourth-order valence-corrected chi connectivity index (χ4v) is 2.27. The molecule has 0 aliphatic heterocycles. The summed E-state index contributed by atoms with van der Waals surface area (Å²) in [5.74, 6) is 1.13. The van der Waals surface area contributed by atoms with Crippen LogP contribution >= 0.6 is 0 Å². The first-order chi connectivity index (χ1) is 6.68. The minimum atomic E-state index is 0.217. The summed E-state index contributed by atoms with van der Waals surface area (Å²) in [6.07, 6.45) is 4.93. The Bertz CT molecular complexity index is 326. The molecule has 0 saturated heterocycles. The lowest BCUT2D eigenvalue weighted by atomic mass is 10.0. The van der Waals surface area contributed by atoms with Gasteiger partial charge in [-0.3, -0.25) is 0 Å². The topological polar surface area (TPSA) is 43.8 Å². The molecule has 0 radical (unpaired) electrons. The molecule has 1 aliphatic rings. The molecule has 0 bridgehead atoms. The van der Waals surface area contributed by atoms with Gasteiger partial charge in [-0.1, -0.05) is 0 Å². The van der Waals surface area contributed by atoms with E-state index in [0.29, 0.717) is 0 Å². The van der Waals surface area contributed by atoms with Gasteiger partial charge in [0.2, 0.25) is 0 Å². The first kappa shape index (κ1) is 9.71.